The van der Waals surface area contributed by atoms with E-state index in [9.17, 15) is 8.42 Å². The number of ether oxygens (including phenoxy) is 1. The Morgan fingerprint density at radius 2 is 2.29 bits per heavy atom. The van der Waals surface area contributed by atoms with Crippen molar-refractivity contribution in [2.24, 2.45) is 5.92 Å². The van der Waals surface area contributed by atoms with Gasteiger partial charge in [-0.05, 0) is 18.8 Å². The van der Waals surface area contributed by atoms with Crippen molar-refractivity contribution in [3.05, 3.63) is 4.88 Å². The van der Waals surface area contributed by atoms with Gasteiger partial charge in [-0.25, -0.2) is 8.42 Å². The normalized spacial score (nSPS) is 19.2. The molecule has 1 aliphatic heterocycles. The van der Waals surface area contributed by atoms with Gasteiger partial charge in [-0.2, -0.15) is 5.26 Å². The van der Waals surface area contributed by atoms with E-state index in [4.69, 9.17) is 15.7 Å². The van der Waals surface area contributed by atoms with E-state index in [-0.39, 0.29) is 15.5 Å². The third kappa shape index (κ3) is 3.48. The van der Waals surface area contributed by atoms with Crippen LogP contribution in [0, 0.1) is 17.2 Å². The van der Waals surface area contributed by atoms with Gasteiger partial charge in [0.15, 0.2) is 9.84 Å². The summed E-state index contributed by atoms with van der Waals surface area (Å²) in [4.78, 5) is 2.19. The highest BCUT2D eigenvalue weighted by Crippen LogP contribution is 2.41. The summed E-state index contributed by atoms with van der Waals surface area (Å²) in [6.45, 7) is 2.16. The molecule has 1 aromatic rings. The number of hydrogen-bond acceptors (Lipinski definition) is 7. The van der Waals surface area contributed by atoms with Crippen LogP contribution in [0.25, 0.3) is 0 Å². The Labute approximate surface area is 129 Å². The number of nitriles is 1. The van der Waals surface area contributed by atoms with Crippen molar-refractivity contribution in [2.45, 2.75) is 17.7 Å². The van der Waals surface area contributed by atoms with Crippen molar-refractivity contribution in [3.63, 3.8) is 0 Å². The minimum Gasteiger partial charge on any atom is -0.396 e. The largest absolute Gasteiger partial charge is 0.396 e. The molecule has 116 valence electrons. The van der Waals surface area contributed by atoms with Crippen LogP contribution in [-0.4, -0.2) is 41.5 Å². The number of hydrogen-bond donors (Lipinski definition) is 1. The molecule has 2 rings (SSSR count). The maximum atomic E-state index is 12.0. The number of thiophene rings is 1. The summed E-state index contributed by atoms with van der Waals surface area (Å²) in [6.07, 6.45) is 3.20. The van der Waals surface area contributed by atoms with Gasteiger partial charge >= 0.3 is 0 Å². The van der Waals surface area contributed by atoms with Crippen molar-refractivity contribution in [1.82, 2.24) is 0 Å². The molecule has 1 saturated heterocycles. The molecule has 0 aliphatic carbocycles. The fraction of sp³-hybridized carbons (Fsp3) is 0.615. The van der Waals surface area contributed by atoms with Gasteiger partial charge in [-0.3, -0.25) is 0 Å². The molecule has 1 aromatic heterocycles. The number of nitrogens with two attached hydrogens (primary N) is 1. The van der Waals surface area contributed by atoms with Crippen molar-refractivity contribution in [1.29, 1.82) is 5.26 Å². The zero-order valence-electron chi connectivity index (χ0n) is 12.1. The van der Waals surface area contributed by atoms with Gasteiger partial charge in [0.1, 0.15) is 20.8 Å². The zero-order valence-corrected chi connectivity index (χ0v) is 13.8. The second-order valence-electron chi connectivity index (χ2n) is 5.33. The molecule has 0 bridgehead atoms. The average molecular weight is 329 g/mol. The Morgan fingerprint density at radius 3 is 2.81 bits per heavy atom. The highest BCUT2D eigenvalue weighted by molar-refractivity contribution is 7.91. The smallest absolute Gasteiger partial charge is 0.180 e. The van der Waals surface area contributed by atoms with Gasteiger partial charge in [-0.15, -0.1) is 11.3 Å². The topological polar surface area (TPSA) is 96.4 Å². The molecular formula is C13H19N3O3S2. The van der Waals surface area contributed by atoms with Crippen LogP contribution < -0.4 is 10.6 Å². The maximum Gasteiger partial charge on any atom is 0.180 e. The van der Waals surface area contributed by atoms with Crippen LogP contribution >= 0.6 is 11.3 Å². The van der Waals surface area contributed by atoms with E-state index in [0.717, 1.165) is 37.0 Å². The molecule has 0 amide bonds. The second kappa shape index (κ2) is 6.22. The van der Waals surface area contributed by atoms with Crippen LogP contribution in [0.1, 0.15) is 17.7 Å². The van der Waals surface area contributed by atoms with E-state index in [1.54, 1.807) is 0 Å². The highest BCUT2D eigenvalue weighted by Gasteiger charge is 2.27. The molecule has 0 aromatic carbocycles. The molecule has 2 N–H and O–H groups in total. The van der Waals surface area contributed by atoms with Gasteiger partial charge in [0.05, 0.1) is 12.3 Å². The van der Waals surface area contributed by atoms with Gasteiger partial charge in [0.25, 0.3) is 0 Å². The van der Waals surface area contributed by atoms with Crippen LogP contribution in [-0.2, 0) is 14.6 Å². The molecule has 21 heavy (non-hydrogen) atoms. The van der Waals surface area contributed by atoms with Crippen molar-refractivity contribution < 1.29 is 13.2 Å². The van der Waals surface area contributed by atoms with Crippen LogP contribution in [0.15, 0.2) is 4.90 Å². The predicted octanol–water partition coefficient (Wildman–Crippen LogP) is 1.47. The van der Waals surface area contributed by atoms with Gasteiger partial charge in [0, 0.05) is 26.5 Å². The highest BCUT2D eigenvalue weighted by atomic mass is 32.2. The number of nitrogens with zero attached hydrogens (tertiary/aromatic N) is 2. The predicted molar refractivity (Wildman–Crippen MR) is 83.4 cm³/mol. The standard InChI is InChI=1S/C13H19N3O3S2/c1-16(7-9-4-3-5-19-8-9)13-12(21(2,17)18)11(15)10(6-14)20-13/h9H,3-5,7-8,15H2,1-2H3. The van der Waals surface area contributed by atoms with E-state index in [2.05, 4.69) is 0 Å². The average Bonchev–Trinajstić information content (AvgIpc) is 2.76. The maximum absolute atomic E-state index is 12.0. The monoisotopic (exact) mass is 329 g/mol. The first-order chi connectivity index (χ1) is 9.84. The lowest BCUT2D eigenvalue weighted by molar-refractivity contribution is 0.0576. The van der Waals surface area contributed by atoms with Gasteiger partial charge < -0.3 is 15.4 Å². The summed E-state index contributed by atoms with van der Waals surface area (Å²) in [6, 6.07) is 1.96. The van der Waals surface area contributed by atoms with Crippen molar-refractivity contribution >= 4 is 31.9 Å². The van der Waals surface area contributed by atoms with Crippen LogP contribution in [0.5, 0.6) is 0 Å². The van der Waals surface area contributed by atoms with Crippen LogP contribution in [0.3, 0.4) is 0 Å². The van der Waals surface area contributed by atoms with E-state index < -0.39 is 9.84 Å². The summed E-state index contributed by atoms with van der Waals surface area (Å²) >= 11 is 1.13. The molecule has 0 radical (unpaired) electrons. The lowest BCUT2D eigenvalue weighted by atomic mass is 10.0. The first kappa shape index (κ1) is 16.1. The molecule has 1 unspecified atom stereocenters. The fourth-order valence-corrected chi connectivity index (χ4v) is 5.03. The summed E-state index contributed by atoms with van der Waals surface area (Å²) in [5.74, 6) is 0.366. The third-order valence-corrected chi connectivity index (χ3v) is 6.00. The molecule has 1 fully saturated rings. The summed E-state index contributed by atoms with van der Waals surface area (Å²) in [5, 5.41) is 9.61. The first-order valence-electron chi connectivity index (χ1n) is 6.66. The molecule has 1 aliphatic rings. The Bertz CT molecular complexity index is 655. The van der Waals surface area contributed by atoms with Crippen LogP contribution in [0.4, 0.5) is 10.7 Å². The Balaban J connectivity index is 2.32. The van der Waals surface area contributed by atoms with E-state index in [1.807, 2.05) is 18.0 Å². The molecule has 6 nitrogen and oxygen atoms in total. The number of anilines is 2. The Hall–Kier alpha value is -1.30. The summed E-state index contributed by atoms with van der Waals surface area (Å²) < 4.78 is 29.4. The lowest BCUT2D eigenvalue weighted by Gasteiger charge is -2.28. The second-order valence-corrected chi connectivity index (χ2v) is 8.28. The first-order valence-corrected chi connectivity index (χ1v) is 9.36. The molecular weight excluding hydrogens is 310 g/mol. The molecule has 1 atom stereocenters. The number of rotatable bonds is 4. The minimum absolute atomic E-state index is 0.0618. The van der Waals surface area contributed by atoms with E-state index in [1.165, 1.54) is 0 Å². The fourth-order valence-electron chi connectivity index (χ4n) is 2.53. The van der Waals surface area contributed by atoms with Crippen molar-refractivity contribution in [2.75, 3.05) is 43.7 Å². The van der Waals surface area contributed by atoms with E-state index >= 15 is 0 Å². The van der Waals surface area contributed by atoms with Gasteiger partial charge in [0.2, 0.25) is 0 Å². The molecule has 2 heterocycles. The zero-order chi connectivity index (χ0) is 15.6. The Kier molecular flexibility index (Phi) is 4.76. The quantitative estimate of drug-likeness (QED) is 0.898. The molecule has 8 heteroatoms. The van der Waals surface area contributed by atoms with E-state index in [0.29, 0.717) is 24.1 Å². The van der Waals surface area contributed by atoms with Crippen molar-refractivity contribution in [3.8, 4) is 6.07 Å². The number of sulfone groups is 1. The third-order valence-electron chi connectivity index (χ3n) is 3.49. The molecule has 0 spiro atoms. The Morgan fingerprint density at radius 1 is 1.57 bits per heavy atom. The van der Waals surface area contributed by atoms with Gasteiger partial charge in [-0.1, -0.05) is 0 Å². The lowest BCUT2D eigenvalue weighted by Crippen LogP contribution is -2.31. The summed E-state index contributed by atoms with van der Waals surface area (Å²) in [5.41, 5.74) is 5.89. The molecule has 0 saturated carbocycles. The SMILES string of the molecule is CN(CC1CCCOC1)c1sc(C#N)c(N)c1S(C)(=O)=O. The number of nitrogen functional groups attached to an aromatic ring is 1. The summed E-state index contributed by atoms with van der Waals surface area (Å²) in [7, 11) is -1.65. The van der Waals surface area contributed by atoms with Crippen LogP contribution in [0.2, 0.25) is 0 Å². The minimum atomic E-state index is -3.48.